The number of rotatable bonds is 5. The van der Waals surface area contributed by atoms with Gasteiger partial charge in [0.25, 0.3) is 0 Å². The highest BCUT2D eigenvalue weighted by Crippen LogP contribution is 2.67. The molecule has 356 valence electrons. The number of aromatic nitrogens is 1. The number of hydrogen-bond acceptors (Lipinski definition) is 3. The third kappa shape index (κ3) is 5.99. The first-order chi connectivity index (χ1) is 37.7. The molecule has 0 radical (unpaired) electrons. The van der Waals surface area contributed by atoms with Gasteiger partial charge < -0.3 is 9.88 Å². The second-order valence-corrected chi connectivity index (χ2v) is 21.6. The van der Waals surface area contributed by atoms with E-state index in [1.54, 1.807) is 0 Å². The SMILES string of the molecule is C1=C(c2ccccc2)NC(c2ccc(-c3cccc4c3-c3ccccc3C43c4ccccc4C4(c5ccccc5Sc5ccccc54)c4ccccc43)cc2)N=C1c1ccc(-n2c3ccccc3c3ccccc32)cc1. The van der Waals surface area contributed by atoms with Crippen LogP contribution in [0.2, 0.25) is 0 Å². The van der Waals surface area contributed by atoms with E-state index in [0.717, 1.165) is 33.8 Å². The smallest absolute Gasteiger partial charge is 0.145 e. The van der Waals surface area contributed by atoms with Crippen molar-refractivity contribution in [2.24, 2.45) is 4.99 Å². The summed E-state index contributed by atoms with van der Waals surface area (Å²) in [6.45, 7) is 0. The first kappa shape index (κ1) is 43.2. The van der Waals surface area contributed by atoms with E-state index in [1.165, 1.54) is 98.4 Å². The Morgan fingerprint density at radius 2 is 0.842 bits per heavy atom. The average Bonchev–Trinajstić information content (AvgIpc) is 3.98. The van der Waals surface area contributed by atoms with Gasteiger partial charge in [-0.3, -0.25) is 4.99 Å². The first-order valence-electron chi connectivity index (χ1n) is 26.3. The van der Waals surface area contributed by atoms with E-state index >= 15 is 0 Å². The molecule has 4 aliphatic rings. The van der Waals surface area contributed by atoms with E-state index in [4.69, 9.17) is 4.99 Å². The monoisotopic (exact) mass is 985 g/mol. The van der Waals surface area contributed by atoms with Gasteiger partial charge in [-0.15, -0.1) is 0 Å². The molecule has 0 saturated carbocycles. The molecule has 16 rings (SSSR count). The predicted octanol–water partition coefficient (Wildman–Crippen LogP) is 17.1. The zero-order chi connectivity index (χ0) is 50.0. The molecule has 3 heterocycles. The summed E-state index contributed by atoms with van der Waals surface area (Å²) in [5.74, 6) is 0. The lowest BCUT2D eigenvalue weighted by Gasteiger charge is -2.51. The van der Waals surface area contributed by atoms with Gasteiger partial charge in [-0.05, 0) is 126 Å². The number of para-hydroxylation sites is 2. The van der Waals surface area contributed by atoms with Crippen LogP contribution in [0.5, 0.6) is 0 Å². The third-order valence-electron chi connectivity index (χ3n) is 16.8. The maximum Gasteiger partial charge on any atom is 0.145 e. The van der Waals surface area contributed by atoms with Crippen LogP contribution in [0.25, 0.3) is 55.4 Å². The van der Waals surface area contributed by atoms with Crippen LogP contribution in [0.3, 0.4) is 0 Å². The molecule has 12 aromatic rings. The van der Waals surface area contributed by atoms with Gasteiger partial charge in [0.15, 0.2) is 0 Å². The van der Waals surface area contributed by atoms with Gasteiger partial charge in [-0.1, -0.05) is 242 Å². The fourth-order valence-corrected chi connectivity index (χ4v) is 14.9. The molecule has 2 spiro atoms. The fourth-order valence-electron chi connectivity index (χ4n) is 13.7. The van der Waals surface area contributed by atoms with E-state index in [9.17, 15) is 0 Å². The topological polar surface area (TPSA) is 29.3 Å². The lowest BCUT2D eigenvalue weighted by Crippen LogP contribution is -2.45. The van der Waals surface area contributed by atoms with E-state index in [-0.39, 0.29) is 6.17 Å². The Labute approximate surface area is 446 Å². The van der Waals surface area contributed by atoms with Gasteiger partial charge in [0.05, 0.1) is 27.6 Å². The highest BCUT2D eigenvalue weighted by molar-refractivity contribution is 7.99. The van der Waals surface area contributed by atoms with Crippen molar-refractivity contribution in [2.75, 3.05) is 0 Å². The Morgan fingerprint density at radius 3 is 1.46 bits per heavy atom. The number of hydrogen-bond donors (Lipinski definition) is 1. The number of nitrogens with zero attached hydrogens (tertiary/aromatic N) is 2. The van der Waals surface area contributed by atoms with Crippen molar-refractivity contribution < 1.29 is 0 Å². The lowest BCUT2D eigenvalue weighted by atomic mass is 9.51. The number of fused-ring (bicyclic) bond motifs is 18. The molecule has 1 aromatic heterocycles. The molecule has 0 fully saturated rings. The Morgan fingerprint density at radius 1 is 0.368 bits per heavy atom. The van der Waals surface area contributed by atoms with E-state index in [0.29, 0.717) is 0 Å². The summed E-state index contributed by atoms with van der Waals surface area (Å²) in [7, 11) is 0. The summed E-state index contributed by atoms with van der Waals surface area (Å²) in [5.41, 5.74) is 23.4. The van der Waals surface area contributed by atoms with E-state index in [2.05, 4.69) is 283 Å². The molecule has 76 heavy (non-hydrogen) atoms. The van der Waals surface area contributed by atoms with Crippen LogP contribution in [0.4, 0.5) is 0 Å². The Balaban J connectivity index is 0.818. The summed E-state index contributed by atoms with van der Waals surface area (Å²) < 4.78 is 2.37. The number of benzene rings is 11. The number of nitrogens with one attached hydrogen (secondary N) is 1. The quantitative estimate of drug-likeness (QED) is 0.186. The molecule has 1 unspecified atom stereocenters. The summed E-state index contributed by atoms with van der Waals surface area (Å²) in [4.78, 5) is 8.08. The zero-order valence-electron chi connectivity index (χ0n) is 41.4. The average molecular weight is 986 g/mol. The number of allylic oxidation sites excluding steroid dienone is 1. The van der Waals surface area contributed by atoms with Gasteiger partial charge in [-0.25, -0.2) is 0 Å². The van der Waals surface area contributed by atoms with E-state index < -0.39 is 10.8 Å². The molecule has 0 bridgehead atoms. The summed E-state index contributed by atoms with van der Waals surface area (Å²) in [5, 5.41) is 6.35. The van der Waals surface area contributed by atoms with Gasteiger partial charge in [0.2, 0.25) is 0 Å². The van der Waals surface area contributed by atoms with Gasteiger partial charge in [0, 0.05) is 31.9 Å². The molecule has 2 aliphatic heterocycles. The largest absolute Gasteiger partial charge is 0.360 e. The van der Waals surface area contributed by atoms with Gasteiger partial charge >= 0.3 is 0 Å². The van der Waals surface area contributed by atoms with Crippen LogP contribution < -0.4 is 5.32 Å². The van der Waals surface area contributed by atoms with Crippen LogP contribution in [0, 0.1) is 0 Å². The highest BCUT2D eigenvalue weighted by Gasteiger charge is 2.58. The van der Waals surface area contributed by atoms with Crippen LogP contribution in [0.1, 0.15) is 67.4 Å². The third-order valence-corrected chi connectivity index (χ3v) is 18.0. The molecule has 11 aromatic carbocycles. The second-order valence-electron chi connectivity index (χ2n) is 20.5. The van der Waals surface area contributed by atoms with Gasteiger partial charge in [0.1, 0.15) is 6.17 Å². The van der Waals surface area contributed by atoms with Crippen LogP contribution in [0.15, 0.2) is 288 Å². The minimum absolute atomic E-state index is 0.303. The van der Waals surface area contributed by atoms with Crippen molar-refractivity contribution in [3.05, 3.63) is 334 Å². The molecular formula is C72H47N3S. The lowest BCUT2D eigenvalue weighted by molar-refractivity contribution is 0.605. The van der Waals surface area contributed by atoms with Crippen LogP contribution in [-0.4, -0.2) is 10.3 Å². The van der Waals surface area contributed by atoms with E-state index in [1.807, 2.05) is 11.8 Å². The molecule has 0 saturated heterocycles. The molecule has 4 heteroatoms. The highest BCUT2D eigenvalue weighted by atomic mass is 32.2. The maximum absolute atomic E-state index is 5.47. The molecule has 3 nitrogen and oxygen atoms in total. The maximum atomic E-state index is 5.47. The molecular weight excluding hydrogens is 939 g/mol. The summed E-state index contributed by atoms with van der Waals surface area (Å²) in [6, 6.07) is 99.2. The van der Waals surface area contributed by atoms with Crippen molar-refractivity contribution in [2.45, 2.75) is 26.8 Å². The van der Waals surface area contributed by atoms with Crippen LogP contribution >= 0.6 is 11.8 Å². The molecule has 1 N–H and O–H groups in total. The summed E-state index contributed by atoms with van der Waals surface area (Å²) in [6.07, 6.45) is 1.90. The van der Waals surface area contributed by atoms with Crippen molar-refractivity contribution in [1.82, 2.24) is 9.88 Å². The standard InChI is InChI=1S/C72H47N3S/c1-2-19-47(20-3-1)63-45-64(48-41-43-50(44-42-48)75-65-33-14-5-21-52(65)53-22-6-15-34-66(53)75)74-70(73-63)49-39-37-46(38-40-49)51-24-18-32-62-69(51)54-23-4-7-25-55(54)71(62)56-26-8-10-28-58(56)72(59-29-11-9-27-57(59)71)60-30-12-16-35-67(60)76-68-36-17-13-31-61(68)72/h1-45,70,73H. The first-order valence-corrected chi connectivity index (χ1v) is 27.1. The minimum Gasteiger partial charge on any atom is -0.360 e. The number of aliphatic imine (C=N–C) groups is 1. The zero-order valence-corrected chi connectivity index (χ0v) is 42.2. The molecule has 2 aliphatic carbocycles. The van der Waals surface area contributed by atoms with Gasteiger partial charge in [-0.2, -0.15) is 0 Å². The Hall–Kier alpha value is -9.22. The fraction of sp³-hybridized carbons (Fsp3) is 0.0417. The molecule has 1 atom stereocenters. The van der Waals surface area contributed by atoms with Crippen molar-refractivity contribution >= 4 is 45.0 Å². The van der Waals surface area contributed by atoms with Crippen molar-refractivity contribution in [1.29, 1.82) is 0 Å². The Kier molecular flexibility index (Phi) is 9.46. The summed E-state index contributed by atoms with van der Waals surface area (Å²) >= 11 is 1.89. The van der Waals surface area contributed by atoms with Crippen molar-refractivity contribution in [3.63, 3.8) is 0 Å². The minimum atomic E-state index is -0.562. The second kappa shape index (κ2) is 16.6. The molecule has 0 amide bonds. The van der Waals surface area contributed by atoms with Crippen molar-refractivity contribution in [3.8, 4) is 27.9 Å². The van der Waals surface area contributed by atoms with Crippen LogP contribution in [-0.2, 0) is 10.8 Å². The normalized spacial score (nSPS) is 15.9. The Bertz CT molecular complexity index is 4260. The predicted molar refractivity (Wildman–Crippen MR) is 313 cm³/mol.